The van der Waals surface area contributed by atoms with E-state index in [0.717, 1.165) is 31.6 Å². The average Bonchev–Trinajstić information content (AvgIpc) is 3.31. The first kappa shape index (κ1) is 25.8. The normalized spacial score (nSPS) is 19.9. The third kappa shape index (κ3) is 5.52. The van der Waals surface area contributed by atoms with Crippen molar-refractivity contribution in [2.75, 3.05) is 38.0 Å². The van der Waals surface area contributed by atoms with Gasteiger partial charge in [-0.15, -0.1) is 0 Å². The minimum atomic E-state index is -1.11. The number of aromatic nitrogens is 1. The number of piperidine rings is 2. The van der Waals surface area contributed by atoms with Crippen LogP contribution in [-0.4, -0.2) is 74.5 Å². The fraction of sp³-hybridized carbons (Fsp3) is 0.444. The standard InChI is InChI=1S/C27H32Cl2N4O2S/c28-22-6-5-19(15-23(22)29)31-26(36)33-13-9-27(35,10-14-33)25(34)17-32-11-7-18(8-12-32)21-16-30-24-4-2-1-3-20(21)24/h1-6,15-16,18,25,30,34-35H,7-14,17H2,(H,31,36). The number of anilines is 1. The largest absolute Gasteiger partial charge is 0.389 e. The minimum absolute atomic E-state index is 0.461. The number of β-amino-alcohol motifs (C(OH)–C–C–N with tert-alkyl or cyclic N) is 1. The van der Waals surface area contributed by atoms with Gasteiger partial charge in [0.05, 0.1) is 21.8 Å². The van der Waals surface area contributed by atoms with Crippen molar-refractivity contribution in [1.82, 2.24) is 14.8 Å². The molecule has 3 aromatic rings. The summed E-state index contributed by atoms with van der Waals surface area (Å²) in [6.45, 7) is 3.47. The number of aliphatic hydroxyl groups is 2. The number of nitrogens with zero attached hydrogens (tertiary/aromatic N) is 2. The Morgan fingerprint density at radius 3 is 2.53 bits per heavy atom. The summed E-state index contributed by atoms with van der Waals surface area (Å²) in [6.07, 6.45) is 4.38. The molecule has 0 aliphatic carbocycles. The van der Waals surface area contributed by atoms with Crippen molar-refractivity contribution in [2.45, 2.75) is 43.3 Å². The highest BCUT2D eigenvalue weighted by atomic mass is 35.5. The smallest absolute Gasteiger partial charge is 0.173 e. The SMILES string of the molecule is OC(CN1CCC(c2c[nH]c3ccccc23)CC1)C1(O)CCN(C(=S)Nc2ccc(Cl)c(Cl)c2)CC1. The summed E-state index contributed by atoms with van der Waals surface area (Å²) in [5.74, 6) is 0.518. The number of fused-ring (bicyclic) bond motifs is 1. The molecule has 0 radical (unpaired) electrons. The summed E-state index contributed by atoms with van der Waals surface area (Å²) in [5, 5.41) is 28.3. The Morgan fingerprint density at radius 1 is 1.08 bits per heavy atom. The first-order valence-corrected chi connectivity index (χ1v) is 13.7. The van der Waals surface area contributed by atoms with Crippen LogP contribution in [0.15, 0.2) is 48.7 Å². The Morgan fingerprint density at radius 2 is 1.81 bits per heavy atom. The van der Waals surface area contributed by atoms with Crippen LogP contribution in [0.4, 0.5) is 5.69 Å². The van der Waals surface area contributed by atoms with E-state index in [4.69, 9.17) is 35.4 Å². The summed E-state index contributed by atoms with van der Waals surface area (Å²) < 4.78 is 0. The van der Waals surface area contributed by atoms with E-state index in [9.17, 15) is 10.2 Å². The lowest BCUT2D eigenvalue weighted by Gasteiger charge is -2.43. The lowest BCUT2D eigenvalue weighted by molar-refractivity contribution is -0.112. The number of rotatable bonds is 5. The van der Waals surface area contributed by atoms with Crippen molar-refractivity contribution in [3.63, 3.8) is 0 Å². The molecule has 3 heterocycles. The Kier molecular flexibility index (Phi) is 7.77. The minimum Gasteiger partial charge on any atom is -0.389 e. The number of hydrogen-bond donors (Lipinski definition) is 4. The monoisotopic (exact) mass is 546 g/mol. The third-order valence-electron chi connectivity index (χ3n) is 7.79. The molecule has 2 fully saturated rings. The Balaban J connectivity index is 1.10. The Hall–Kier alpha value is -1.87. The number of aromatic amines is 1. The van der Waals surface area contributed by atoms with Gasteiger partial charge in [-0.2, -0.15) is 0 Å². The molecule has 1 unspecified atom stereocenters. The van der Waals surface area contributed by atoms with Gasteiger partial charge >= 0.3 is 0 Å². The van der Waals surface area contributed by atoms with Crippen LogP contribution in [0.3, 0.4) is 0 Å². The lowest BCUT2D eigenvalue weighted by Crippen LogP contribution is -2.56. The molecule has 2 saturated heterocycles. The van der Waals surface area contributed by atoms with Gasteiger partial charge in [-0.3, -0.25) is 0 Å². The highest BCUT2D eigenvalue weighted by molar-refractivity contribution is 7.80. The van der Waals surface area contributed by atoms with E-state index < -0.39 is 11.7 Å². The second-order valence-corrected chi connectivity index (χ2v) is 11.2. The van der Waals surface area contributed by atoms with Crippen molar-refractivity contribution < 1.29 is 10.2 Å². The quantitative estimate of drug-likeness (QED) is 0.328. The molecule has 192 valence electrons. The van der Waals surface area contributed by atoms with Crippen LogP contribution in [0.25, 0.3) is 10.9 Å². The molecule has 5 rings (SSSR count). The number of benzene rings is 2. The molecule has 9 heteroatoms. The maximum atomic E-state index is 11.2. The van der Waals surface area contributed by atoms with Gasteiger partial charge in [0.1, 0.15) is 0 Å². The molecule has 0 amide bonds. The number of nitrogens with one attached hydrogen (secondary N) is 2. The summed E-state index contributed by atoms with van der Waals surface area (Å²) in [7, 11) is 0. The molecular formula is C27H32Cl2N4O2S. The Labute approximate surface area is 227 Å². The second-order valence-electron chi connectivity index (χ2n) is 10.0. The molecule has 0 bridgehead atoms. The molecule has 0 spiro atoms. The summed E-state index contributed by atoms with van der Waals surface area (Å²) >= 11 is 17.6. The van der Waals surface area contributed by atoms with Crippen molar-refractivity contribution in [1.29, 1.82) is 0 Å². The second kappa shape index (κ2) is 10.9. The van der Waals surface area contributed by atoms with Crippen LogP contribution in [0.1, 0.15) is 37.2 Å². The zero-order chi connectivity index (χ0) is 25.3. The summed E-state index contributed by atoms with van der Waals surface area (Å²) in [4.78, 5) is 7.70. The van der Waals surface area contributed by atoms with Crippen LogP contribution < -0.4 is 5.32 Å². The molecule has 2 aliphatic heterocycles. The van der Waals surface area contributed by atoms with Crippen molar-refractivity contribution in [3.05, 3.63) is 64.3 Å². The van der Waals surface area contributed by atoms with Gasteiger partial charge in [-0.05, 0) is 86.7 Å². The van der Waals surface area contributed by atoms with Gasteiger partial charge in [-0.1, -0.05) is 41.4 Å². The van der Waals surface area contributed by atoms with Gasteiger partial charge in [-0.25, -0.2) is 0 Å². The number of H-pyrrole nitrogens is 1. The molecule has 36 heavy (non-hydrogen) atoms. The molecular weight excluding hydrogens is 515 g/mol. The van der Waals surface area contributed by atoms with Crippen LogP contribution >= 0.6 is 35.4 Å². The van der Waals surface area contributed by atoms with E-state index >= 15 is 0 Å². The molecule has 0 saturated carbocycles. The maximum Gasteiger partial charge on any atom is 0.173 e. The van der Waals surface area contributed by atoms with E-state index in [0.29, 0.717) is 53.6 Å². The lowest BCUT2D eigenvalue weighted by atomic mass is 9.84. The molecule has 2 aliphatic rings. The predicted molar refractivity (Wildman–Crippen MR) is 151 cm³/mol. The van der Waals surface area contributed by atoms with Gasteiger partial charge in [0, 0.05) is 42.4 Å². The molecule has 1 atom stereocenters. The van der Waals surface area contributed by atoms with Gasteiger partial charge in [0.2, 0.25) is 0 Å². The van der Waals surface area contributed by atoms with E-state index in [2.05, 4.69) is 45.7 Å². The van der Waals surface area contributed by atoms with Crippen LogP contribution in [-0.2, 0) is 0 Å². The topological polar surface area (TPSA) is 74.8 Å². The van der Waals surface area contributed by atoms with E-state index in [1.165, 1.54) is 16.5 Å². The number of halogens is 2. The average molecular weight is 548 g/mol. The maximum absolute atomic E-state index is 11.2. The summed E-state index contributed by atoms with van der Waals surface area (Å²) in [6, 6.07) is 13.7. The number of para-hydroxylation sites is 1. The molecule has 1 aromatic heterocycles. The number of aliphatic hydroxyl groups excluding tert-OH is 1. The zero-order valence-electron chi connectivity index (χ0n) is 20.1. The molecule has 2 aromatic carbocycles. The number of likely N-dealkylation sites (tertiary alicyclic amines) is 2. The van der Waals surface area contributed by atoms with E-state index in [-0.39, 0.29) is 0 Å². The number of thiocarbonyl (C=S) groups is 1. The van der Waals surface area contributed by atoms with Gasteiger partial charge in [0.15, 0.2) is 5.11 Å². The first-order valence-electron chi connectivity index (χ1n) is 12.5. The van der Waals surface area contributed by atoms with Crippen molar-refractivity contribution >= 4 is 57.1 Å². The Bertz CT molecular complexity index is 1220. The highest BCUT2D eigenvalue weighted by Crippen LogP contribution is 2.34. The van der Waals surface area contributed by atoms with E-state index in [1.807, 2.05) is 11.0 Å². The van der Waals surface area contributed by atoms with Gasteiger partial charge in [0.25, 0.3) is 0 Å². The van der Waals surface area contributed by atoms with Crippen LogP contribution in [0, 0.1) is 0 Å². The molecule has 4 N–H and O–H groups in total. The fourth-order valence-electron chi connectivity index (χ4n) is 5.48. The third-order valence-corrected chi connectivity index (χ3v) is 8.89. The van der Waals surface area contributed by atoms with E-state index in [1.54, 1.807) is 12.1 Å². The van der Waals surface area contributed by atoms with Crippen LogP contribution in [0.2, 0.25) is 10.0 Å². The summed E-state index contributed by atoms with van der Waals surface area (Å²) in [5.41, 5.74) is 2.24. The molecule has 6 nitrogen and oxygen atoms in total. The predicted octanol–water partition coefficient (Wildman–Crippen LogP) is 5.24. The zero-order valence-corrected chi connectivity index (χ0v) is 22.4. The number of hydrogen-bond acceptors (Lipinski definition) is 4. The highest BCUT2D eigenvalue weighted by Gasteiger charge is 2.40. The fourth-order valence-corrected chi connectivity index (χ4v) is 6.08. The first-order chi connectivity index (χ1) is 17.3. The van der Waals surface area contributed by atoms with Crippen LogP contribution in [0.5, 0.6) is 0 Å². The van der Waals surface area contributed by atoms with Crippen molar-refractivity contribution in [2.24, 2.45) is 0 Å². The van der Waals surface area contributed by atoms with Crippen molar-refractivity contribution in [3.8, 4) is 0 Å². The van der Waals surface area contributed by atoms with Gasteiger partial charge < -0.3 is 30.3 Å².